The standard InChI is InChI=1S/C13H18N4O/c1-9-10(2)15-16-13(12(9)7-14)17-6-4-3-5-11(17)8-18/h11,18H,3-6,8H2,1-2H3. The molecule has 0 bridgehead atoms. The summed E-state index contributed by atoms with van der Waals surface area (Å²) in [6, 6.07) is 2.28. The molecule has 1 aliphatic rings. The first kappa shape index (κ1) is 12.8. The summed E-state index contributed by atoms with van der Waals surface area (Å²) in [5.74, 6) is 0.624. The van der Waals surface area contributed by atoms with Crippen molar-refractivity contribution in [2.45, 2.75) is 39.2 Å². The van der Waals surface area contributed by atoms with Gasteiger partial charge in [0, 0.05) is 6.54 Å². The third kappa shape index (κ3) is 2.16. The predicted molar refractivity (Wildman–Crippen MR) is 68.3 cm³/mol. The van der Waals surface area contributed by atoms with E-state index in [4.69, 9.17) is 0 Å². The van der Waals surface area contributed by atoms with E-state index in [1.807, 2.05) is 18.7 Å². The largest absolute Gasteiger partial charge is 0.394 e. The molecule has 0 aromatic carbocycles. The molecule has 0 aliphatic carbocycles. The molecule has 5 nitrogen and oxygen atoms in total. The molecule has 0 saturated carbocycles. The number of aryl methyl sites for hydroxylation is 1. The summed E-state index contributed by atoms with van der Waals surface area (Å²) in [7, 11) is 0. The maximum absolute atomic E-state index is 9.44. The average Bonchev–Trinajstić information content (AvgIpc) is 2.41. The number of anilines is 1. The Hall–Kier alpha value is -1.67. The molecule has 1 atom stereocenters. The number of aliphatic hydroxyl groups excluding tert-OH is 1. The Morgan fingerprint density at radius 2 is 2.17 bits per heavy atom. The first-order valence-electron chi connectivity index (χ1n) is 6.30. The molecule has 1 saturated heterocycles. The maximum atomic E-state index is 9.44. The Kier molecular flexibility index (Phi) is 3.78. The van der Waals surface area contributed by atoms with Crippen LogP contribution in [-0.4, -0.2) is 34.5 Å². The van der Waals surface area contributed by atoms with Crippen LogP contribution in [0.2, 0.25) is 0 Å². The van der Waals surface area contributed by atoms with Crippen molar-refractivity contribution < 1.29 is 5.11 Å². The lowest BCUT2D eigenvalue weighted by Crippen LogP contribution is -2.43. The van der Waals surface area contributed by atoms with Crippen LogP contribution in [0.1, 0.15) is 36.1 Å². The van der Waals surface area contributed by atoms with Gasteiger partial charge in [0.1, 0.15) is 11.6 Å². The van der Waals surface area contributed by atoms with Crippen LogP contribution in [0.25, 0.3) is 0 Å². The highest BCUT2D eigenvalue weighted by Gasteiger charge is 2.26. The lowest BCUT2D eigenvalue weighted by molar-refractivity contribution is 0.239. The minimum atomic E-state index is 0.0576. The van der Waals surface area contributed by atoms with Crippen LogP contribution < -0.4 is 4.90 Å². The lowest BCUT2D eigenvalue weighted by atomic mass is 10.0. The molecule has 96 valence electrons. The highest BCUT2D eigenvalue weighted by Crippen LogP contribution is 2.27. The topological polar surface area (TPSA) is 73.0 Å². The van der Waals surface area contributed by atoms with Crippen LogP contribution in [0.3, 0.4) is 0 Å². The number of aromatic nitrogens is 2. The molecular weight excluding hydrogens is 228 g/mol. The molecule has 1 unspecified atom stereocenters. The van der Waals surface area contributed by atoms with E-state index in [9.17, 15) is 10.4 Å². The summed E-state index contributed by atoms with van der Waals surface area (Å²) in [6.45, 7) is 4.67. The zero-order valence-electron chi connectivity index (χ0n) is 10.8. The van der Waals surface area contributed by atoms with Crippen molar-refractivity contribution in [3.05, 3.63) is 16.8 Å². The summed E-state index contributed by atoms with van der Waals surface area (Å²) in [5, 5.41) is 27.0. The van der Waals surface area contributed by atoms with Gasteiger partial charge in [-0.15, -0.1) is 5.10 Å². The number of nitrogens with zero attached hydrogens (tertiary/aromatic N) is 4. The molecule has 0 spiro atoms. The summed E-state index contributed by atoms with van der Waals surface area (Å²) in [4.78, 5) is 2.03. The second-order valence-electron chi connectivity index (χ2n) is 4.75. The zero-order chi connectivity index (χ0) is 13.1. The molecule has 2 rings (SSSR count). The predicted octanol–water partition coefficient (Wildman–Crippen LogP) is 1.32. The number of rotatable bonds is 2. The van der Waals surface area contributed by atoms with E-state index in [0.29, 0.717) is 11.4 Å². The Bertz CT molecular complexity index is 481. The second kappa shape index (κ2) is 5.32. The maximum Gasteiger partial charge on any atom is 0.169 e. The summed E-state index contributed by atoms with van der Waals surface area (Å²) >= 11 is 0. The summed E-state index contributed by atoms with van der Waals surface area (Å²) in [6.07, 6.45) is 3.12. The Morgan fingerprint density at radius 1 is 1.39 bits per heavy atom. The minimum Gasteiger partial charge on any atom is -0.394 e. The SMILES string of the molecule is Cc1nnc(N2CCCCC2CO)c(C#N)c1C. The van der Waals surface area contributed by atoms with E-state index in [0.717, 1.165) is 37.1 Å². The monoisotopic (exact) mass is 246 g/mol. The van der Waals surface area contributed by atoms with Gasteiger partial charge in [-0.1, -0.05) is 0 Å². The van der Waals surface area contributed by atoms with Crippen molar-refractivity contribution in [3.63, 3.8) is 0 Å². The van der Waals surface area contributed by atoms with Gasteiger partial charge in [-0.25, -0.2) is 0 Å². The molecular formula is C13H18N4O. The fourth-order valence-electron chi connectivity index (χ4n) is 2.40. The van der Waals surface area contributed by atoms with Crippen molar-refractivity contribution in [1.29, 1.82) is 5.26 Å². The van der Waals surface area contributed by atoms with Crippen LogP contribution in [-0.2, 0) is 0 Å². The molecule has 1 N–H and O–H groups in total. The van der Waals surface area contributed by atoms with Crippen LogP contribution in [0, 0.1) is 25.2 Å². The van der Waals surface area contributed by atoms with Crippen LogP contribution >= 0.6 is 0 Å². The molecule has 0 amide bonds. The fraction of sp³-hybridized carbons (Fsp3) is 0.615. The van der Waals surface area contributed by atoms with Gasteiger partial charge in [-0.2, -0.15) is 10.4 Å². The average molecular weight is 246 g/mol. The van der Waals surface area contributed by atoms with Gasteiger partial charge in [0.15, 0.2) is 5.82 Å². The van der Waals surface area contributed by atoms with Gasteiger partial charge in [0.05, 0.1) is 18.3 Å². The first-order chi connectivity index (χ1) is 8.69. The Morgan fingerprint density at radius 3 is 2.83 bits per heavy atom. The smallest absolute Gasteiger partial charge is 0.169 e. The van der Waals surface area contributed by atoms with Gasteiger partial charge in [-0.05, 0) is 38.7 Å². The van der Waals surface area contributed by atoms with E-state index in [-0.39, 0.29) is 12.6 Å². The van der Waals surface area contributed by atoms with Gasteiger partial charge in [0.25, 0.3) is 0 Å². The van der Waals surface area contributed by atoms with Crippen molar-refractivity contribution >= 4 is 5.82 Å². The van der Waals surface area contributed by atoms with E-state index in [1.54, 1.807) is 0 Å². The molecule has 18 heavy (non-hydrogen) atoms. The fourth-order valence-corrected chi connectivity index (χ4v) is 2.40. The normalized spacial score (nSPS) is 19.7. The van der Waals surface area contributed by atoms with Crippen LogP contribution in [0.4, 0.5) is 5.82 Å². The van der Waals surface area contributed by atoms with Crippen LogP contribution in [0.5, 0.6) is 0 Å². The number of piperidine rings is 1. The highest BCUT2D eigenvalue weighted by molar-refractivity contribution is 5.58. The minimum absolute atomic E-state index is 0.0576. The Labute approximate surface area is 107 Å². The molecule has 5 heteroatoms. The van der Waals surface area contributed by atoms with Crippen molar-refractivity contribution in [2.75, 3.05) is 18.1 Å². The van der Waals surface area contributed by atoms with Gasteiger partial charge >= 0.3 is 0 Å². The summed E-state index contributed by atoms with van der Waals surface area (Å²) in [5.41, 5.74) is 2.25. The van der Waals surface area contributed by atoms with Gasteiger partial charge < -0.3 is 10.0 Å². The number of hydrogen-bond acceptors (Lipinski definition) is 5. The van der Waals surface area contributed by atoms with E-state index in [2.05, 4.69) is 16.3 Å². The summed E-state index contributed by atoms with van der Waals surface area (Å²) < 4.78 is 0. The molecule has 1 aromatic rings. The Balaban J connectivity index is 2.44. The van der Waals surface area contributed by atoms with E-state index < -0.39 is 0 Å². The zero-order valence-corrected chi connectivity index (χ0v) is 10.8. The number of nitriles is 1. The molecule has 0 radical (unpaired) electrons. The number of aliphatic hydroxyl groups is 1. The third-order valence-electron chi connectivity index (χ3n) is 3.66. The lowest BCUT2D eigenvalue weighted by Gasteiger charge is -2.35. The molecule has 1 fully saturated rings. The number of hydrogen-bond donors (Lipinski definition) is 1. The highest BCUT2D eigenvalue weighted by atomic mass is 16.3. The third-order valence-corrected chi connectivity index (χ3v) is 3.66. The van der Waals surface area contributed by atoms with E-state index >= 15 is 0 Å². The quantitative estimate of drug-likeness (QED) is 0.852. The second-order valence-corrected chi connectivity index (χ2v) is 4.75. The van der Waals surface area contributed by atoms with E-state index in [1.165, 1.54) is 0 Å². The molecule has 1 aliphatic heterocycles. The van der Waals surface area contributed by atoms with Crippen molar-refractivity contribution in [1.82, 2.24) is 10.2 Å². The van der Waals surface area contributed by atoms with Crippen LogP contribution in [0.15, 0.2) is 0 Å². The van der Waals surface area contributed by atoms with Crippen molar-refractivity contribution in [2.24, 2.45) is 0 Å². The molecule has 1 aromatic heterocycles. The van der Waals surface area contributed by atoms with Gasteiger partial charge in [-0.3, -0.25) is 0 Å². The molecule has 2 heterocycles. The first-order valence-corrected chi connectivity index (χ1v) is 6.30. The van der Waals surface area contributed by atoms with Crippen molar-refractivity contribution in [3.8, 4) is 6.07 Å². The van der Waals surface area contributed by atoms with Gasteiger partial charge in [0.2, 0.25) is 0 Å².